The molecule has 23 heavy (non-hydrogen) atoms. The van der Waals surface area contributed by atoms with E-state index in [1.165, 1.54) is 12.8 Å². The molecule has 1 unspecified atom stereocenters. The average molecular weight is 318 g/mol. The van der Waals surface area contributed by atoms with Gasteiger partial charge in [0.05, 0.1) is 25.9 Å². The number of rotatable bonds is 6. The van der Waals surface area contributed by atoms with Crippen molar-refractivity contribution in [2.45, 2.75) is 25.8 Å². The molecule has 1 saturated carbocycles. The van der Waals surface area contributed by atoms with Crippen molar-refractivity contribution in [2.24, 2.45) is 5.92 Å². The second kappa shape index (κ2) is 7.32. The maximum absolute atomic E-state index is 12.7. The molecular weight excluding hydrogens is 292 g/mol. The lowest BCUT2D eigenvalue weighted by atomic mass is 10.0. The molecule has 1 N–H and O–H groups in total. The summed E-state index contributed by atoms with van der Waals surface area (Å²) in [7, 11) is 1.74. The van der Waals surface area contributed by atoms with Gasteiger partial charge in [-0.3, -0.25) is 4.79 Å². The number of carbonyl (C=O) groups excluding carboxylic acids is 1. The van der Waals surface area contributed by atoms with Crippen LogP contribution in [0, 0.1) is 12.8 Å². The largest absolute Gasteiger partial charge is 0.383 e. The summed E-state index contributed by atoms with van der Waals surface area (Å²) >= 11 is 0. The molecule has 1 aliphatic heterocycles. The first-order valence-electron chi connectivity index (χ1n) is 8.43. The van der Waals surface area contributed by atoms with Gasteiger partial charge >= 0.3 is 0 Å². The van der Waals surface area contributed by atoms with Gasteiger partial charge in [0, 0.05) is 31.5 Å². The van der Waals surface area contributed by atoms with E-state index in [9.17, 15) is 4.79 Å². The highest BCUT2D eigenvalue weighted by Gasteiger charge is 2.31. The van der Waals surface area contributed by atoms with Crippen molar-refractivity contribution in [3.8, 4) is 0 Å². The molecule has 1 aromatic rings. The number of hydrogen-bond acceptors (Lipinski definition) is 4. The fourth-order valence-electron chi connectivity index (χ4n) is 3.13. The Labute approximate surface area is 137 Å². The Morgan fingerprint density at radius 3 is 2.78 bits per heavy atom. The summed E-state index contributed by atoms with van der Waals surface area (Å²) in [5.74, 6) is 0.789. The summed E-state index contributed by atoms with van der Waals surface area (Å²) in [6.45, 7) is 5.31. The number of methoxy groups -OCH3 is 1. The van der Waals surface area contributed by atoms with Crippen LogP contribution in [0.5, 0.6) is 0 Å². The van der Waals surface area contributed by atoms with Crippen LogP contribution < -0.4 is 5.32 Å². The van der Waals surface area contributed by atoms with E-state index in [1.54, 1.807) is 7.11 Å². The Morgan fingerprint density at radius 1 is 1.39 bits per heavy atom. The Bertz CT molecular complexity index is 551. The average Bonchev–Trinajstić information content (AvgIpc) is 3.41. The molecule has 3 rings (SSSR count). The molecule has 126 valence electrons. The topological polar surface area (TPSA) is 50.8 Å². The lowest BCUT2D eigenvalue weighted by Crippen LogP contribution is -2.41. The van der Waals surface area contributed by atoms with E-state index in [0.29, 0.717) is 44.9 Å². The number of anilines is 1. The lowest BCUT2D eigenvalue weighted by Gasteiger charge is -2.28. The number of ether oxygens (including phenoxy) is 2. The molecule has 1 saturated heterocycles. The molecule has 0 bridgehead atoms. The second-order valence-corrected chi connectivity index (χ2v) is 6.43. The van der Waals surface area contributed by atoms with Crippen LogP contribution in [0.2, 0.25) is 0 Å². The zero-order chi connectivity index (χ0) is 16.2. The van der Waals surface area contributed by atoms with Gasteiger partial charge in [-0.15, -0.1) is 0 Å². The number of carbonyl (C=O) groups is 1. The number of nitrogens with zero attached hydrogens (tertiary/aromatic N) is 1. The van der Waals surface area contributed by atoms with E-state index >= 15 is 0 Å². The maximum atomic E-state index is 12.7. The van der Waals surface area contributed by atoms with Crippen LogP contribution >= 0.6 is 0 Å². The molecular formula is C18H26N2O3. The monoisotopic (exact) mass is 318 g/mol. The van der Waals surface area contributed by atoms with E-state index in [4.69, 9.17) is 9.47 Å². The van der Waals surface area contributed by atoms with E-state index in [2.05, 4.69) is 11.4 Å². The Morgan fingerprint density at radius 2 is 2.13 bits per heavy atom. The number of hydrogen-bond donors (Lipinski definition) is 1. The van der Waals surface area contributed by atoms with Gasteiger partial charge in [-0.2, -0.15) is 0 Å². The molecule has 1 aliphatic carbocycles. The highest BCUT2D eigenvalue weighted by atomic mass is 16.5. The summed E-state index contributed by atoms with van der Waals surface area (Å²) in [5, 5.41) is 3.59. The Balaban J connectivity index is 1.75. The predicted molar refractivity (Wildman–Crippen MR) is 89.9 cm³/mol. The minimum Gasteiger partial charge on any atom is -0.383 e. The molecule has 1 atom stereocenters. The van der Waals surface area contributed by atoms with Crippen molar-refractivity contribution in [3.05, 3.63) is 29.3 Å². The van der Waals surface area contributed by atoms with Gasteiger partial charge < -0.3 is 19.7 Å². The molecule has 0 aromatic heterocycles. The first-order valence-corrected chi connectivity index (χ1v) is 8.43. The fraction of sp³-hybridized carbons (Fsp3) is 0.611. The molecule has 1 heterocycles. The third-order valence-electron chi connectivity index (χ3n) is 4.74. The molecule has 5 heteroatoms. The normalized spacial score (nSPS) is 19.5. The summed E-state index contributed by atoms with van der Waals surface area (Å²) in [6.07, 6.45) is 2.51. The van der Waals surface area contributed by atoms with Crippen molar-refractivity contribution < 1.29 is 14.3 Å². The van der Waals surface area contributed by atoms with Gasteiger partial charge in [0.2, 0.25) is 0 Å². The highest BCUT2D eigenvalue weighted by molar-refractivity contribution is 5.97. The van der Waals surface area contributed by atoms with Gasteiger partial charge in [-0.25, -0.2) is 0 Å². The first kappa shape index (κ1) is 16.3. The quantitative estimate of drug-likeness (QED) is 0.874. The van der Waals surface area contributed by atoms with Crippen LogP contribution in [0.4, 0.5) is 5.69 Å². The fourth-order valence-corrected chi connectivity index (χ4v) is 3.13. The number of morpholine rings is 1. The first-order chi connectivity index (χ1) is 11.2. The summed E-state index contributed by atoms with van der Waals surface area (Å²) < 4.78 is 10.7. The van der Waals surface area contributed by atoms with E-state index in [1.807, 2.05) is 24.0 Å². The summed E-state index contributed by atoms with van der Waals surface area (Å²) in [4.78, 5) is 14.6. The lowest BCUT2D eigenvalue weighted by molar-refractivity contribution is 0.0302. The number of benzene rings is 1. The van der Waals surface area contributed by atoms with Crippen molar-refractivity contribution >= 4 is 11.6 Å². The SMILES string of the molecule is COCC(Nc1cccc(C(=O)N2CCOCC2)c1C)C1CC1. The second-order valence-electron chi connectivity index (χ2n) is 6.43. The summed E-state index contributed by atoms with van der Waals surface area (Å²) in [5.41, 5.74) is 2.84. The van der Waals surface area contributed by atoms with Gasteiger partial charge in [-0.05, 0) is 43.4 Å². The molecule has 0 spiro atoms. The van der Waals surface area contributed by atoms with Gasteiger partial charge in [-0.1, -0.05) is 6.07 Å². The van der Waals surface area contributed by atoms with E-state index in [-0.39, 0.29) is 5.91 Å². The molecule has 0 radical (unpaired) electrons. The molecule has 2 fully saturated rings. The van der Waals surface area contributed by atoms with Crippen LogP contribution in [0.3, 0.4) is 0 Å². The zero-order valence-corrected chi connectivity index (χ0v) is 14.0. The van der Waals surface area contributed by atoms with Crippen molar-refractivity contribution in [1.29, 1.82) is 0 Å². The zero-order valence-electron chi connectivity index (χ0n) is 14.0. The Kier molecular flexibility index (Phi) is 5.18. The summed E-state index contributed by atoms with van der Waals surface area (Å²) in [6, 6.07) is 6.25. The van der Waals surface area contributed by atoms with Gasteiger partial charge in [0.25, 0.3) is 5.91 Å². The predicted octanol–water partition coefficient (Wildman–Crippen LogP) is 2.30. The maximum Gasteiger partial charge on any atom is 0.254 e. The van der Waals surface area contributed by atoms with Crippen LogP contribution in [0.15, 0.2) is 18.2 Å². The molecule has 1 aromatic carbocycles. The number of nitrogens with one attached hydrogen (secondary N) is 1. The third-order valence-corrected chi connectivity index (χ3v) is 4.74. The number of amides is 1. The molecule has 2 aliphatic rings. The van der Waals surface area contributed by atoms with Crippen molar-refractivity contribution in [3.63, 3.8) is 0 Å². The van der Waals surface area contributed by atoms with Gasteiger partial charge in [0.15, 0.2) is 0 Å². The third kappa shape index (κ3) is 3.85. The minimum atomic E-state index is 0.101. The highest BCUT2D eigenvalue weighted by Crippen LogP contribution is 2.35. The van der Waals surface area contributed by atoms with Gasteiger partial charge in [0.1, 0.15) is 0 Å². The standard InChI is InChI=1S/C18H26N2O3/c1-13-15(18(21)20-8-10-23-11-9-20)4-3-5-16(13)19-17(12-22-2)14-6-7-14/h3-5,14,17,19H,6-12H2,1-2H3. The molecule has 1 amide bonds. The Hall–Kier alpha value is -1.59. The van der Waals surface area contributed by atoms with Crippen LogP contribution in [-0.2, 0) is 9.47 Å². The minimum absolute atomic E-state index is 0.101. The van der Waals surface area contributed by atoms with Crippen LogP contribution in [-0.4, -0.2) is 56.9 Å². The van der Waals surface area contributed by atoms with Crippen LogP contribution in [0.1, 0.15) is 28.8 Å². The smallest absolute Gasteiger partial charge is 0.254 e. The van der Waals surface area contributed by atoms with Crippen molar-refractivity contribution in [2.75, 3.05) is 45.3 Å². The molecule has 5 nitrogen and oxygen atoms in total. The van der Waals surface area contributed by atoms with E-state index < -0.39 is 0 Å². The van der Waals surface area contributed by atoms with E-state index in [0.717, 1.165) is 16.8 Å². The van der Waals surface area contributed by atoms with Crippen LogP contribution in [0.25, 0.3) is 0 Å². The van der Waals surface area contributed by atoms with Crippen molar-refractivity contribution in [1.82, 2.24) is 4.90 Å².